The number of nitrogens with one attached hydrogen (secondary N) is 3. The molecule has 1 amide bonds. The summed E-state index contributed by atoms with van der Waals surface area (Å²) < 4.78 is 58.0. The SMILES string of the molecule is CC(C)c1ccccc1[C@@H]1CCCC1N1CC2(CCN(c3ccc(C(=O)NS(=O)(=O)c4cc5c(c([N+](=O)[O-])c4)N[C@@H]([C@H]4CC[C@](C)(O)CC4)CO5)c(Oc4cc5c(F)c[nH]c5nc4C4CC4)c3)CC2)C1. The molecular formula is C53H62FN7O8S. The van der Waals surface area contributed by atoms with Crippen molar-refractivity contribution in [3.05, 3.63) is 105 Å². The Morgan fingerprint density at radius 1 is 1.00 bits per heavy atom. The summed E-state index contributed by atoms with van der Waals surface area (Å²) in [5.41, 5.74) is 3.67. The van der Waals surface area contributed by atoms with Gasteiger partial charge in [0.1, 0.15) is 29.6 Å². The van der Waals surface area contributed by atoms with Crippen LogP contribution < -0.4 is 24.4 Å². The molecule has 1 spiro atoms. The van der Waals surface area contributed by atoms with Gasteiger partial charge in [-0.2, -0.15) is 0 Å². The van der Waals surface area contributed by atoms with Crippen molar-refractivity contribution in [3.63, 3.8) is 0 Å². The maximum absolute atomic E-state index is 15.0. The van der Waals surface area contributed by atoms with Gasteiger partial charge in [0, 0.05) is 68.2 Å². The highest BCUT2D eigenvalue weighted by atomic mass is 32.2. The number of fused-ring (bicyclic) bond motifs is 2. The van der Waals surface area contributed by atoms with Crippen LogP contribution in [0.1, 0.15) is 136 Å². The monoisotopic (exact) mass is 975 g/mol. The van der Waals surface area contributed by atoms with Crippen LogP contribution in [0.15, 0.2) is 71.8 Å². The first-order chi connectivity index (χ1) is 33.5. The lowest BCUT2D eigenvalue weighted by Crippen LogP contribution is -2.63. The summed E-state index contributed by atoms with van der Waals surface area (Å²) in [6.45, 7) is 10.2. The molecule has 70 heavy (non-hydrogen) atoms. The zero-order valence-corrected chi connectivity index (χ0v) is 40.8. The average molecular weight is 976 g/mol. The number of rotatable bonds is 12. The molecular weight excluding hydrogens is 914 g/mol. The number of benzene rings is 3. The summed E-state index contributed by atoms with van der Waals surface area (Å²) in [6, 6.07) is 18.0. The van der Waals surface area contributed by atoms with Gasteiger partial charge >= 0.3 is 0 Å². The van der Waals surface area contributed by atoms with E-state index in [0.717, 1.165) is 63.6 Å². The van der Waals surface area contributed by atoms with E-state index in [4.69, 9.17) is 14.5 Å². The molecule has 6 aliphatic rings. The number of aromatic nitrogens is 2. The molecule has 15 nitrogen and oxygen atoms in total. The summed E-state index contributed by atoms with van der Waals surface area (Å²) in [6.07, 6.45) is 11.2. The summed E-state index contributed by atoms with van der Waals surface area (Å²) in [7, 11) is -4.72. The Morgan fingerprint density at radius 2 is 1.76 bits per heavy atom. The number of H-pyrrole nitrogens is 1. The highest BCUT2D eigenvalue weighted by Gasteiger charge is 2.50. The number of sulfonamides is 1. The van der Waals surface area contributed by atoms with E-state index in [9.17, 15) is 28.4 Å². The van der Waals surface area contributed by atoms with Gasteiger partial charge < -0.3 is 29.8 Å². The van der Waals surface area contributed by atoms with E-state index in [0.29, 0.717) is 54.9 Å². The van der Waals surface area contributed by atoms with Crippen LogP contribution in [-0.2, 0) is 10.0 Å². The van der Waals surface area contributed by atoms with E-state index in [1.54, 1.807) is 25.1 Å². The Bertz CT molecular complexity index is 2970. The van der Waals surface area contributed by atoms with Crippen LogP contribution in [-0.4, -0.2) is 89.7 Å². The van der Waals surface area contributed by atoms with Gasteiger partial charge in [-0.3, -0.25) is 19.8 Å². The van der Waals surface area contributed by atoms with Crippen LogP contribution in [0, 0.1) is 27.3 Å². The molecule has 2 saturated heterocycles. The maximum atomic E-state index is 15.0. The van der Waals surface area contributed by atoms with Crippen LogP contribution in [0.5, 0.6) is 17.2 Å². The summed E-state index contributed by atoms with van der Waals surface area (Å²) in [5, 5.41) is 26.4. The molecule has 3 atom stereocenters. The number of carbonyl (C=O) groups excluding carboxylic acids is 1. The number of nitro groups is 1. The van der Waals surface area contributed by atoms with Gasteiger partial charge in [-0.1, -0.05) is 44.5 Å². The molecule has 0 radical (unpaired) electrons. The Balaban J connectivity index is 0.838. The van der Waals surface area contributed by atoms with Gasteiger partial charge in [0.05, 0.1) is 38.1 Å². The molecule has 3 saturated carbocycles. The Kier molecular flexibility index (Phi) is 11.9. The lowest BCUT2D eigenvalue weighted by Gasteiger charge is -2.57. The largest absolute Gasteiger partial charge is 0.489 e. The fourth-order valence-electron chi connectivity index (χ4n) is 12.3. The third-order valence-electron chi connectivity index (χ3n) is 16.4. The van der Waals surface area contributed by atoms with Crippen LogP contribution in [0.4, 0.5) is 21.5 Å². The maximum Gasteiger partial charge on any atom is 0.297 e. The normalized spacial score (nSPS) is 25.5. The van der Waals surface area contributed by atoms with Crippen molar-refractivity contribution in [3.8, 4) is 17.2 Å². The number of hydrogen-bond donors (Lipinski definition) is 4. The Labute approximate surface area is 407 Å². The first-order valence-corrected chi connectivity index (χ1v) is 26.6. The van der Waals surface area contributed by atoms with E-state index in [2.05, 4.69) is 62.9 Å². The number of nitrogens with zero attached hydrogens (tertiary/aromatic N) is 4. The molecule has 2 aromatic heterocycles. The molecule has 5 aromatic rings. The number of piperidine rings is 1. The zero-order valence-electron chi connectivity index (χ0n) is 40.0. The van der Waals surface area contributed by atoms with Crippen molar-refractivity contribution in [2.45, 2.75) is 132 Å². The topological polar surface area (TPSA) is 192 Å². The van der Waals surface area contributed by atoms with Crippen LogP contribution in [0.2, 0.25) is 0 Å². The summed E-state index contributed by atoms with van der Waals surface area (Å²) >= 11 is 0. The smallest absolute Gasteiger partial charge is 0.297 e. The minimum atomic E-state index is -4.72. The average Bonchev–Trinajstić information content (AvgIpc) is 3.96. The van der Waals surface area contributed by atoms with Gasteiger partial charge in [-0.25, -0.2) is 22.5 Å². The number of ether oxygens (including phenoxy) is 2. The third-order valence-corrected chi connectivity index (χ3v) is 17.8. The molecule has 5 heterocycles. The Hall–Kier alpha value is -5.78. The van der Waals surface area contributed by atoms with Gasteiger partial charge in [0.15, 0.2) is 11.4 Å². The van der Waals surface area contributed by atoms with Crippen molar-refractivity contribution in [2.75, 3.05) is 43.0 Å². The third kappa shape index (κ3) is 8.86. The van der Waals surface area contributed by atoms with Crippen LogP contribution in [0.3, 0.4) is 0 Å². The zero-order chi connectivity index (χ0) is 48.7. The number of amides is 1. The van der Waals surface area contributed by atoms with Gasteiger partial charge in [-0.15, -0.1) is 0 Å². The minimum Gasteiger partial charge on any atom is -0.489 e. The van der Waals surface area contributed by atoms with Crippen molar-refractivity contribution < 1.29 is 37.1 Å². The van der Waals surface area contributed by atoms with Crippen molar-refractivity contribution in [1.82, 2.24) is 19.6 Å². The second-order valence-corrected chi connectivity index (χ2v) is 23.3. The number of pyridine rings is 1. The molecule has 3 aliphatic heterocycles. The predicted octanol–water partition coefficient (Wildman–Crippen LogP) is 9.87. The standard InChI is InChI=1S/C53H62FN7O8S/c1-31(2)36-7-4-5-8-37(36)38-9-6-10-43(38)60-29-53(30-60)19-21-59(22-20-53)34-13-14-39(45(23-34)69-47-26-40-41(54)27-55-50(40)57-48(47)33-11-12-33)51(62)58-70(66,67)35-24-44(61(64)65)49-46(25-35)68-28-42(56-49)32-15-17-52(3,63)18-16-32/h4-5,7-8,13-14,23-27,31-33,38,42-43,56,63H,6,9-12,15-22,28-30H2,1-3H3,(H,55,57)(H,58,62)/t32-,38-,42+,43?,52-/m0/s1. The van der Waals surface area contributed by atoms with Gasteiger partial charge in [-0.05, 0) is 124 Å². The van der Waals surface area contributed by atoms with Crippen LogP contribution >= 0.6 is 0 Å². The molecule has 3 aromatic carbocycles. The molecule has 3 aliphatic carbocycles. The molecule has 1 unspecified atom stereocenters. The molecule has 4 N–H and O–H groups in total. The second-order valence-electron chi connectivity index (χ2n) is 21.6. The van der Waals surface area contributed by atoms with E-state index in [-0.39, 0.29) is 63.8 Å². The molecule has 0 bridgehead atoms. The number of anilines is 2. The van der Waals surface area contributed by atoms with E-state index < -0.39 is 42.9 Å². The number of carbonyl (C=O) groups is 1. The quantitative estimate of drug-likeness (QED) is 0.0685. The lowest BCUT2D eigenvalue weighted by molar-refractivity contribution is -0.384. The van der Waals surface area contributed by atoms with E-state index in [1.165, 1.54) is 48.7 Å². The summed E-state index contributed by atoms with van der Waals surface area (Å²) in [4.78, 5) is 38.2. The second kappa shape index (κ2) is 17.8. The highest BCUT2D eigenvalue weighted by Crippen LogP contribution is 2.50. The Morgan fingerprint density at radius 3 is 2.49 bits per heavy atom. The number of nitro benzene ring substituents is 1. The number of likely N-dealkylation sites (tertiary alicyclic amines) is 1. The van der Waals surface area contributed by atoms with Crippen LogP contribution in [0.25, 0.3) is 11.0 Å². The molecule has 370 valence electrons. The number of aliphatic hydroxyl groups is 1. The van der Waals surface area contributed by atoms with Crippen molar-refractivity contribution >= 4 is 44.0 Å². The van der Waals surface area contributed by atoms with Crippen molar-refractivity contribution in [2.24, 2.45) is 11.3 Å². The van der Waals surface area contributed by atoms with Gasteiger partial charge in [0.2, 0.25) is 0 Å². The lowest BCUT2D eigenvalue weighted by atomic mass is 9.70. The number of halogens is 1. The molecule has 17 heteroatoms. The first kappa shape index (κ1) is 46.6. The molecule has 5 fully saturated rings. The fourth-order valence-corrected chi connectivity index (χ4v) is 13.3. The minimum absolute atomic E-state index is 0.0185. The van der Waals surface area contributed by atoms with E-state index in [1.807, 2.05) is 0 Å². The predicted molar refractivity (Wildman–Crippen MR) is 264 cm³/mol. The van der Waals surface area contributed by atoms with Gasteiger partial charge in [0.25, 0.3) is 21.6 Å². The first-order valence-electron chi connectivity index (χ1n) is 25.1. The van der Waals surface area contributed by atoms with Crippen molar-refractivity contribution in [1.29, 1.82) is 0 Å². The number of aromatic amines is 1. The summed E-state index contributed by atoms with van der Waals surface area (Å²) in [5.74, 6) is -0.0206. The fraction of sp³-hybridized carbons (Fsp3) is 0.509. The number of hydrogen-bond acceptors (Lipinski definition) is 12. The highest BCUT2D eigenvalue weighted by molar-refractivity contribution is 7.90. The van der Waals surface area contributed by atoms with E-state index >= 15 is 4.39 Å². The molecule has 11 rings (SSSR count).